The lowest BCUT2D eigenvalue weighted by Crippen LogP contribution is -2.23. The highest BCUT2D eigenvalue weighted by Gasteiger charge is 2.03. The third-order valence-electron chi connectivity index (χ3n) is 2.25. The maximum absolute atomic E-state index is 11.2. The molecule has 16 heavy (non-hydrogen) atoms. The Morgan fingerprint density at radius 2 is 1.81 bits per heavy atom. The SMILES string of the molecule is CONC(=O)Cc1ccc(CC(C)C)cc1. The molecule has 0 aliphatic carbocycles. The van der Waals surface area contributed by atoms with Crippen LogP contribution in [0, 0.1) is 5.92 Å². The minimum atomic E-state index is -0.126. The van der Waals surface area contributed by atoms with E-state index < -0.39 is 0 Å². The van der Waals surface area contributed by atoms with Crippen molar-refractivity contribution in [3.05, 3.63) is 35.4 Å². The number of hydrogen-bond acceptors (Lipinski definition) is 2. The van der Waals surface area contributed by atoms with E-state index in [1.807, 2.05) is 12.1 Å². The fraction of sp³-hybridized carbons (Fsp3) is 0.462. The fourth-order valence-corrected chi connectivity index (χ4v) is 1.60. The van der Waals surface area contributed by atoms with Crippen LogP contribution < -0.4 is 5.48 Å². The van der Waals surface area contributed by atoms with Gasteiger partial charge in [-0.2, -0.15) is 0 Å². The van der Waals surface area contributed by atoms with E-state index in [0.29, 0.717) is 12.3 Å². The van der Waals surface area contributed by atoms with E-state index in [9.17, 15) is 4.79 Å². The molecule has 1 aromatic carbocycles. The average molecular weight is 221 g/mol. The lowest BCUT2D eigenvalue weighted by atomic mass is 10.0. The average Bonchev–Trinajstić information content (AvgIpc) is 2.20. The molecule has 0 saturated carbocycles. The topological polar surface area (TPSA) is 38.3 Å². The number of carbonyl (C=O) groups excluding carboxylic acids is 1. The van der Waals surface area contributed by atoms with Crippen LogP contribution in [0.4, 0.5) is 0 Å². The number of benzene rings is 1. The smallest absolute Gasteiger partial charge is 0.247 e. The minimum Gasteiger partial charge on any atom is -0.277 e. The Labute approximate surface area is 96.8 Å². The van der Waals surface area contributed by atoms with Gasteiger partial charge in [-0.25, -0.2) is 5.48 Å². The molecule has 0 aromatic heterocycles. The van der Waals surface area contributed by atoms with Crippen LogP contribution in [0.25, 0.3) is 0 Å². The molecule has 88 valence electrons. The van der Waals surface area contributed by atoms with Crippen LogP contribution in [-0.4, -0.2) is 13.0 Å². The number of carbonyl (C=O) groups is 1. The minimum absolute atomic E-state index is 0.126. The van der Waals surface area contributed by atoms with Gasteiger partial charge in [-0.05, 0) is 23.5 Å². The number of amides is 1. The van der Waals surface area contributed by atoms with Gasteiger partial charge in [0.2, 0.25) is 5.91 Å². The van der Waals surface area contributed by atoms with E-state index in [2.05, 4.69) is 36.3 Å². The molecular weight excluding hydrogens is 202 g/mol. The molecule has 0 aliphatic rings. The summed E-state index contributed by atoms with van der Waals surface area (Å²) in [4.78, 5) is 15.8. The second-order valence-corrected chi connectivity index (χ2v) is 4.32. The highest BCUT2D eigenvalue weighted by atomic mass is 16.6. The molecule has 0 atom stereocenters. The summed E-state index contributed by atoms with van der Waals surface area (Å²) < 4.78 is 0. The van der Waals surface area contributed by atoms with Gasteiger partial charge in [0.25, 0.3) is 0 Å². The second kappa shape index (κ2) is 6.28. The van der Waals surface area contributed by atoms with Gasteiger partial charge in [0.15, 0.2) is 0 Å². The van der Waals surface area contributed by atoms with E-state index in [1.165, 1.54) is 12.7 Å². The molecule has 3 heteroatoms. The molecule has 0 unspecified atom stereocenters. The van der Waals surface area contributed by atoms with Crippen molar-refractivity contribution in [1.82, 2.24) is 5.48 Å². The highest BCUT2D eigenvalue weighted by Crippen LogP contribution is 2.10. The van der Waals surface area contributed by atoms with Gasteiger partial charge < -0.3 is 0 Å². The molecule has 1 rings (SSSR count). The highest BCUT2D eigenvalue weighted by molar-refractivity contribution is 5.77. The molecule has 0 spiro atoms. The standard InChI is InChI=1S/C13H19NO2/c1-10(2)8-11-4-6-12(7-5-11)9-13(15)14-16-3/h4-7,10H,8-9H2,1-3H3,(H,14,15). The fourth-order valence-electron chi connectivity index (χ4n) is 1.60. The number of rotatable bonds is 5. The summed E-state index contributed by atoms with van der Waals surface area (Å²) in [6.45, 7) is 4.39. The predicted molar refractivity (Wildman–Crippen MR) is 63.8 cm³/mol. The van der Waals surface area contributed by atoms with Gasteiger partial charge in [-0.3, -0.25) is 9.63 Å². The summed E-state index contributed by atoms with van der Waals surface area (Å²) in [7, 11) is 1.43. The summed E-state index contributed by atoms with van der Waals surface area (Å²) >= 11 is 0. The van der Waals surface area contributed by atoms with Crippen molar-refractivity contribution in [2.24, 2.45) is 5.92 Å². The zero-order chi connectivity index (χ0) is 12.0. The van der Waals surface area contributed by atoms with Crippen molar-refractivity contribution in [2.75, 3.05) is 7.11 Å². The van der Waals surface area contributed by atoms with Crippen LogP contribution in [0.3, 0.4) is 0 Å². The van der Waals surface area contributed by atoms with E-state index >= 15 is 0 Å². The number of hydrogen-bond donors (Lipinski definition) is 1. The predicted octanol–water partition coefficient (Wildman–Crippen LogP) is 2.11. The first-order valence-electron chi connectivity index (χ1n) is 5.51. The zero-order valence-electron chi connectivity index (χ0n) is 10.1. The molecule has 0 radical (unpaired) electrons. The first-order chi connectivity index (χ1) is 7.61. The number of hydroxylamine groups is 1. The van der Waals surface area contributed by atoms with Gasteiger partial charge >= 0.3 is 0 Å². The molecule has 1 amide bonds. The molecule has 0 fully saturated rings. The van der Waals surface area contributed by atoms with Crippen molar-refractivity contribution in [3.8, 4) is 0 Å². The monoisotopic (exact) mass is 221 g/mol. The van der Waals surface area contributed by atoms with Crippen molar-refractivity contribution < 1.29 is 9.63 Å². The summed E-state index contributed by atoms with van der Waals surface area (Å²) in [6, 6.07) is 8.14. The lowest BCUT2D eigenvalue weighted by molar-refractivity contribution is -0.130. The maximum atomic E-state index is 11.2. The molecule has 1 N–H and O–H groups in total. The first-order valence-corrected chi connectivity index (χ1v) is 5.51. The van der Waals surface area contributed by atoms with Crippen molar-refractivity contribution in [2.45, 2.75) is 26.7 Å². The molecule has 3 nitrogen and oxygen atoms in total. The Hall–Kier alpha value is -1.35. The van der Waals surface area contributed by atoms with Gasteiger partial charge in [0.1, 0.15) is 0 Å². The summed E-state index contributed by atoms with van der Waals surface area (Å²) in [5, 5.41) is 0. The third kappa shape index (κ3) is 4.45. The molecule has 0 bridgehead atoms. The van der Waals surface area contributed by atoms with E-state index in [0.717, 1.165) is 12.0 Å². The lowest BCUT2D eigenvalue weighted by Gasteiger charge is -2.06. The quantitative estimate of drug-likeness (QED) is 0.773. The van der Waals surface area contributed by atoms with Gasteiger partial charge in [0, 0.05) is 0 Å². The molecule has 0 aliphatic heterocycles. The normalized spacial score (nSPS) is 10.5. The zero-order valence-corrected chi connectivity index (χ0v) is 10.1. The molecule has 1 aromatic rings. The summed E-state index contributed by atoms with van der Waals surface area (Å²) in [5.41, 5.74) is 4.61. The van der Waals surface area contributed by atoms with E-state index in [1.54, 1.807) is 0 Å². The Morgan fingerprint density at radius 1 is 1.25 bits per heavy atom. The maximum Gasteiger partial charge on any atom is 0.247 e. The Morgan fingerprint density at radius 3 is 2.31 bits per heavy atom. The summed E-state index contributed by atoms with van der Waals surface area (Å²) in [6.07, 6.45) is 1.43. The van der Waals surface area contributed by atoms with Crippen LogP contribution in [0.15, 0.2) is 24.3 Å². The molecular formula is C13H19NO2. The number of nitrogens with one attached hydrogen (secondary N) is 1. The van der Waals surface area contributed by atoms with Crippen LogP contribution >= 0.6 is 0 Å². The van der Waals surface area contributed by atoms with Crippen molar-refractivity contribution >= 4 is 5.91 Å². The Bertz CT molecular complexity index is 330. The molecule has 0 heterocycles. The van der Waals surface area contributed by atoms with Crippen LogP contribution in [0.5, 0.6) is 0 Å². The van der Waals surface area contributed by atoms with Crippen molar-refractivity contribution in [1.29, 1.82) is 0 Å². The van der Waals surface area contributed by atoms with E-state index in [4.69, 9.17) is 0 Å². The van der Waals surface area contributed by atoms with E-state index in [-0.39, 0.29) is 5.91 Å². The van der Waals surface area contributed by atoms with Gasteiger partial charge in [-0.1, -0.05) is 38.1 Å². The Balaban J connectivity index is 2.54. The largest absolute Gasteiger partial charge is 0.277 e. The second-order valence-electron chi connectivity index (χ2n) is 4.32. The summed E-state index contributed by atoms with van der Waals surface area (Å²) in [5.74, 6) is 0.529. The Kier molecular flexibility index (Phi) is 4.99. The molecule has 0 saturated heterocycles. The van der Waals surface area contributed by atoms with Gasteiger partial charge in [-0.15, -0.1) is 0 Å². The third-order valence-corrected chi connectivity index (χ3v) is 2.25. The van der Waals surface area contributed by atoms with Crippen molar-refractivity contribution in [3.63, 3.8) is 0 Å². The van der Waals surface area contributed by atoms with Gasteiger partial charge in [0.05, 0.1) is 13.5 Å². The first kappa shape index (κ1) is 12.7. The van der Waals surface area contributed by atoms with Crippen LogP contribution in [-0.2, 0) is 22.5 Å². The van der Waals surface area contributed by atoms with Crippen LogP contribution in [0.2, 0.25) is 0 Å². The van der Waals surface area contributed by atoms with Crippen LogP contribution in [0.1, 0.15) is 25.0 Å².